The van der Waals surface area contributed by atoms with Gasteiger partial charge in [0.25, 0.3) is 0 Å². The highest BCUT2D eigenvalue weighted by atomic mass is 35.5. The Bertz CT molecular complexity index is 512. The summed E-state index contributed by atoms with van der Waals surface area (Å²) in [7, 11) is -3.39. The van der Waals surface area contributed by atoms with Crippen LogP contribution in [0.25, 0.3) is 0 Å². The van der Waals surface area contributed by atoms with Crippen LogP contribution in [0.3, 0.4) is 0 Å². The second-order valence-electron chi connectivity index (χ2n) is 4.67. The van der Waals surface area contributed by atoms with Crippen LogP contribution in [0.2, 0.25) is 0 Å². The minimum absolute atomic E-state index is 0.0861. The topological polar surface area (TPSA) is 37.4 Å². The van der Waals surface area contributed by atoms with Gasteiger partial charge in [0.1, 0.15) is 0 Å². The van der Waals surface area contributed by atoms with E-state index in [2.05, 4.69) is 0 Å². The molecule has 0 spiro atoms. The molecule has 6 heteroatoms. The first kappa shape index (κ1) is 14.3. The highest BCUT2D eigenvalue weighted by molar-refractivity contribution is 7.89. The lowest BCUT2D eigenvalue weighted by atomic mass is 10.2. The minimum Gasteiger partial charge on any atom is -0.207 e. The monoisotopic (exact) mass is 307 g/mol. The molecular formula is C12H18ClNO2S2. The molecule has 3 nitrogen and oxygen atoms in total. The van der Waals surface area contributed by atoms with Crippen LogP contribution in [0, 0.1) is 0 Å². The summed E-state index contributed by atoms with van der Waals surface area (Å²) in [6.45, 7) is 4.03. The van der Waals surface area contributed by atoms with Crippen LogP contribution >= 0.6 is 22.9 Å². The van der Waals surface area contributed by atoms with Crippen LogP contribution in [-0.4, -0.2) is 24.8 Å². The molecule has 0 saturated carbocycles. The maximum atomic E-state index is 12.7. The number of halogens is 1. The number of thiophene rings is 1. The average molecular weight is 308 g/mol. The van der Waals surface area contributed by atoms with Gasteiger partial charge >= 0.3 is 0 Å². The van der Waals surface area contributed by atoms with Crippen molar-refractivity contribution in [2.45, 2.75) is 56.0 Å². The molecule has 0 amide bonds. The van der Waals surface area contributed by atoms with Crippen LogP contribution in [0.5, 0.6) is 0 Å². The SMILES string of the molecule is CCC1CCC(C)N1S(=O)(=O)c1ccsc1CCl. The van der Waals surface area contributed by atoms with Crippen molar-refractivity contribution in [2.24, 2.45) is 0 Å². The molecule has 0 radical (unpaired) electrons. The quantitative estimate of drug-likeness (QED) is 0.799. The molecule has 102 valence electrons. The predicted octanol–water partition coefficient (Wildman–Crippen LogP) is 3.44. The molecule has 1 fully saturated rings. The minimum atomic E-state index is -3.39. The summed E-state index contributed by atoms with van der Waals surface area (Å²) in [6.07, 6.45) is 2.76. The largest absolute Gasteiger partial charge is 0.244 e. The molecule has 2 rings (SSSR count). The van der Waals surface area contributed by atoms with E-state index in [1.54, 1.807) is 15.8 Å². The van der Waals surface area contributed by atoms with E-state index in [0.717, 1.165) is 24.1 Å². The van der Waals surface area contributed by atoms with Gasteiger partial charge in [-0.25, -0.2) is 8.42 Å². The van der Waals surface area contributed by atoms with Gasteiger partial charge in [-0.3, -0.25) is 0 Å². The number of nitrogens with zero attached hydrogens (tertiary/aromatic N) is 1. The van der Waals surface area contributed by atoms with E-state index >= 15 is 0 Å². The molecule has 0 aliphatic carbocycles. The first-order valence-electron chi connectivity index (χ1n) is 6.18. The zero-order chi connectivity index (χ0) is 13.3. The lowest BCUT2D eigenvalue weighted by Gasteiger charge is -2.27. The Kier molecular flexibility index (Phi) is 4.36. The van der Waals surface area contributed by atoms with Crippen LogP contribution < -0.4 is 0 Å². The molecule has 1 aliphatic heterocycles. The molecule has 1 aliphatic rings. The normalized spacial score (nSPS) is 25.7. The Morgan fingerprint density at radius 1 is 1.50 bits per heavy atom. The Balaban J connectivity index is 2.42. The van der Waals surface area contributed by atoms with Crippen molar-refractivity contribution >= 4 is 33.0 Å². The van der Waals surface area contributed by atoms with Gasteiger partial charge in [-0.15, -0.1) is 22.9 Å². The van der Waals surface area contributed by atoms with Crippen molar-refractivity contribution in [2.75, 3.05) is 0 Å². The van der Waals surface area contributed by atoms with Crippen molar-refractivity contribution in [3.05, 3.63) is 16.3 Å². The summed E-state index contributed by atoms with van der Waals surface area (Å²) in [5.41, 5.74) is 0. The van der Waals surface area contributed by atoms with Gasteiger partial charge in [-0.2, -0.15) is 4.31 Å². The fraction of sp³-hybridized carbons (Fsp3) is 0.667. The van der Waals surface area contributed by atoms with Gasteiger partial charge in [-0.05, 0) is 37.6 Å². The molecule has 0 aromatic carbocycles. The van der Waals surface area contributed by atoms with E-state index in [9.17, 15) is 8.42 Å². The predicted molar refractivity (Wildman–Crippen MR) is 75.7 cm³/mol. The summed E-state index contributed by atoms with van der Waals surface area (Å²) in [5.74, 6) is 0.255. The highest BCUT2D eigenvalue weighted by Crippen LogP contribution is 2.35. The van der Waals surface area contributed by atoms with Gasteiger partial charge in [0, 0.05) is 17.0 Å². The van der Waals surface area contributed by atoms with Crippen molar-refractivity contribution in [1.29, 1.82) is 0 Å². The van der Waals surface area contributed by atoms with E-state index < -0.39 is 10.0 Å². The molecule has 1 aromatic rings. The van der Waals surface area contributed by atoms with Crippen LogP contribution in [0.4, 0.5) is 0 Å². The molecule has 2 heterocycles. The van der Waals surface area contributed by atoms with E-state index in [-0.39, 0.29) is 18.0 Å². The summed E-state index contributed by atoms with van der Waals surface area (Å²) in [5, 5.41) is 1.80. The van der Waals surface area contributed by atoms with Crippen LogP contribution in [-0.2, 0) is 15.9 Å². The van der Waals surface area contributed by atoms with Crippen molar-refractivity contribution in [3.63, 3.8) is 0 Å². The molecule has 0 bridgehead atoms. The number of rotatable bonds is 4. The van der Waals surface area contributed by atoms with E-state index in [1.165, 1.54) is 11.3 Å². The number of hydrogen-bond acceptors (Lipinski definition) is 3. The van der Waals surface area contributed by atoms with Crippen LogP contribution in [0.15, 0.2) is 16.3 Å². The summed E-state index contributed by atoms with van der Waals surface area (Å²) in [6, 6.07) is 1.89. The lowest BCUT2D eigenvalue weighted by Crippen LogP contribution is -2.39. The molecular weight excluding hydrogens is 290 g/mol. The Labute approximate surface area is 118 Å². The van der Waals surface area contributed by atoms with Gasteiger partial charge in [0.05, 0.1) is 10.8 Å². The maximum Gasteiger partial charge on any atom is 0.244 e. The summed E-state index contributed by atoms with van der Waals surface area (Å²) < 4.78 is 27.1. The van der Waals surface area contributed by atoms with Gasteiger partial charge in [0.15, 0.2) is 0 Å². The third-order valence-corrected chi connectivity index (χ3v) is 7.19. The fourth-order valence-corrected chi connectivity index (χ4v) is 6.26. The van der Waals surface area contributed by atoms with Crippen LogP contribution in [0.1, 0.15) is 38.0 Å². The van der Waals surface area contributed by atoms with Gasteiger partial charge < -0.3 is 0 Å². The molecule has 2 atom stereocenters. The van der Waals surface area contributed by atoms with Crippen molar-refractivity contribution in [1.82, 2.24) is 4.31 Å². The van der Waals surface area contributed by atoms with Crippen molar-refractivity contribution < 1.29 is 8.42 Å². The third-order valence-electron chi connectivity index (χ3n) is 3.56. The van der Waals surface area contributed by atoms with Crippen molar-refractivity contribution in [3.8, 4) is 0 Å². The van der Waals surface area contributed by atoms with E-state index in [1.807, 2.05) is 13.8 Å². The maximum absolute atomic E-state index is 12.7. The molecule has 0 N–H and O–H groups in total. The molecule has 1 aromatic heterocycles. The number of hydrogen-bond donors (Lipinski definition) is 0. The van der Waals surface area contributed by atoms with E-state index in [0.29, 0.717) is 4.90 Å². The number of sulfonamides is 1. The molecule has 1 saturated heterocycles. The summed E-state index contributed by atoms with van der Waals surface area (Å²) in [4.78, 5) is 1.14. The highest BCUT2D eigenvalue weighted by Gasteiger charge is 2.40. The lowest BCUT2D eigenvalue weighted by molar-refractivity contribution is 0.328. The zero-order valence-corrected chi connectivity index (χ0v) is 13.0. The fourth-order valence-electron chi connectivity index (χ4n) is 2.63. The zero-order valence-electron chi connectivity index (χ0n) is 10.6. The smallest absolute Gasteiger partial charge is 0.207 e. The molecule has 18 heavy (non-hydrogen) atoms. The Morgan fingerprint density at radius 3 is 2.83 bits per heavy atom. The number of alkyl halides is 1. The second-order valence-corrected chi connectivity index (χ2v) is 7.74. The standard InChI is InChI=1S/C12H18ClNO2S2/c1-3-10-5-4-9(2)14(10)18(15,16)12-6-7-17-11(12)8-13/h6-7,9-10H,3-5,8H2,1-2H3. The first-order chi connectivity index (χ1) is 8.52. The summed E-state index contributed by atoms with van der Waals surface area (Å²) >= 11 is 7.23. The third kappa shape index (κ3) is 2.33. The average Bonchev–Trinajstić information content (AvgIpc) is 2.94. The Morgan fingerprint density at radius 2 is 2.22 bits per heavy atom. The van der Waals surface area contributed by atoms with Gasteiger partial charge in [0.2, 0.25) is 10.0 Å². The molecule has 2 unspecified atom stereocenters. The Hall–Kier alpha value is -0.100. The van der Waals surface area contributed by atoms with Gasteiger partial charge in [-0.1, -0.05) is 6.92 Å². The van der Waals surface area contributed by atoms with E-state index in [4.69, 9.17) is 11.6 Å². The first-order valence-corrected chi connectivity index (χ1v) is 9.03. The second kappa shape index (κ2) is 5.49.